The lowest BCUT2D eigenvalue weighted by molar-refractivity contribution is -0.0862. The first-order valence-electron chi connectivity index (χ1n) is 2.81. The summed E-state index contributed by atoms with van der Waals surface area (Å²) >= 11 is 0. The average Bonchev–Trinajstić information content (AvgIpc) is 1.83. The molecule has 1 unspecified atom stereocenters. The Morgan fingerprint density at radius 3 is 2.62 bits per heavy atom. The fourth-order valence-electron chi connectivity index (χ4n) is 0.287. The van der Waals surface area contributed by atoms with E-state index in [1.165, 1.54) is 0 Å². The fraction of sp³-hybridized carbons (Fsp3) is 0.833. The molecule has 0 saturated heterocycles. The van der Waals surface area contributed by atoms with Gasteiger partial charge in [-0.15, -0.1) is 0 Å². The second kappa shape index (κ2) is 5.06. The van der Waals surface area contributed by atoms with E-state index in [0.29, 0.717) is 0 Å². The molecule has 0 N–H and O–H groups in total. The SMILES string of the molecule is CC[CH]OC(C)OC. The highest BCUT2D eigenvalue weighted by molar-refractivity contribution is 4.43. The molecule has 49 valence electrons. The van der Waals surface area contributed by atoms with Crippen LogP contribution in [0.25, 0.3) is 0 Å². The minimum absolute atomic E-state index is 0.102. The van der Waals surface area contributed by atoms with Crippen LogP contribution in [-0.4, -0.2) is 13.4 Å². The Labute approximate surface area is 50.8 Å². The smallest absolute Gasteiger partial charge is 0.154 e. The third kappa shape index (κ3) is 4.09. The first kappa shape index (κ1) is 7.92. The van der Waals surface area contributed by atoms with Crippen molar-refractivity contribution in [1.29, 1.82) is 0 Å². The molecule has 1 atom stereocenters. The molecule has 0 aromatic heterocycles. The van der Waals surface area contributed by atoms with Crippen molar-refractivity contribution >= 4 is 0 Å². The third-order valence-electron chi connectivity index (χ3n) is 0.786. The first-order chi connectivity index (χ1) is 3.81. The van der Waals surface area contributed by atoms with Gasteiger partial charge in [-0.2, -0.15) is 0 Å². The lowest BCUT2D eigenvalue weighted by Gasteiger charge is -2.07. The minimum Gasteiger partial charge on any atom is -0.356 e. The summed E-state index contributed by atoms with van der Waals surface area (Å²) in [5.74, 6) is 0. The summed E-state index contributed by atoms with van der Waals surface area (Å²) in [4.78, 5) is 0. The summed E-state index contributed by atoms with van der Waals surface area (Å²) in [5, 5.41) is 0. The number of rotatable bonds is 4. The molecule has 0 aromatic rings. The van der Waals surface area contributed by atoms with E-state index in [-0.39, 0.29) is 6.29 Å². The molecule has 1 radical (unpaired) electrons. The molecule has 0 heterocycles. The average molecular weight is 117 g/mol. The van der Waals surface area contributed by atoms with Crippen LogP contribution < -0.4 is 0 Å². The van der Waals surface area contributed by atoms with Crippen LogP contribution in [0.5, 0.6) is 0 Å². The Morgan fingerprint density at radius 2 is 2.25 bits per heavy atom. The van der Waals surface area contributed by atoms with Gasteiger partial charge in [-0.1, -0.05) is 6.92 Å². The van der Waals surface area contributed by atoms with Crippen LogP contribution in [-0.2, 0) is 9.47 Å². The van der Waals surface area contributed by atoms with Crippen LogP contribution in [0, 0.1) is 6.61 Å². The van der Waals surface area contributed by atoms with Gasteiger partial charge in [-0.3, -0.25) is 0 Å². The molecule has 0 rings (SSSR count). The molecule has 0 amide bonds. The summed E-state index contributed by atoms with van der Waals surface area (Å²) < 4.78 is 9.79. The monoisotopic (exact) mass is 117 g/mol. The van der Waals surface area contributed by atoms with Crippen molar-refractivity contribution in [2.45, 2.75) is 26.6 Å². The van der Waals surface area contributed by atoms with Crippen molar-refractivity contribution in [2.75, 3.05) is 7.11 Å². The molecule has 0 spiro atoms. The van der Waals surface area contributed by atoms with Crippen LogP contribution in [0.1, 0.15) is 20.3 Å². The Hall–Kier alpha value is -0.0800. The van der Waals surface area contributed by atoms with E-state index >= 15 is 0 Å². The minimum atomic E-state index is -0.102. The van der Waals surface area contributed by atoms with Gasteiger partial charge in [0.05, 0.1) is 6.61 Å². The van der Waals surface area contributed by atoms with E-state index in [0.717, 1.165) is 6.42 Å². The van der Waals surface area contributed by atoms with Crippen molar-refractivity contribution in [3.05, 3.63) is 6.61 Å². The van der Waals surface area contributed by atoms with E-state index in [1.54, 1.807) is 13.7 Å². The molecule has 0 bridgehead atoms. The van der Waals surface area contributed by atoms with Crippen LogP contribution in [0.15, 0.2) is 0 Å². The zero-order valence-corrected chi connectivity index (χ0v) is 5.68. The van der Waals surface area contributed by atoms with Crippen molar-refractivity contribution in [1.82, 2.24) is 0 Å². The van der Waals surface area contributed by atoms with Gasteiger partial charge < -0.3 is 9.47 Å². The molecule has 0 aliphatic carbocycles. The Kier molecular flexibility index (Phi) is 5.01. The highest BCUT2D eigenvalue weighted by Gasteiger charge is 1.94. The van der Waals surface area contributed by atoms with Crippen LogP contribution >= 0.6 is 0 Å². The van der Waals surface area contributed by atoms with E-state index in [1.807, 2.05) is 13.8 Å². The maximum atomic E-state index is 4.99. The van der Waals surface area contributed by atoms with Gasteiger partial charge in [-0.25, -0.2) is 0 Å². The zero-order chi connectivity index (χ0) is 6.41. The molecule has 2 heteroatoms. The molecule has 0 aliphatic heterocycles. The molecule has 8 heavy (non-hydrogen) atoms. The Bertz CT molecular complexity index is 45.8. The summed E-state index contributed by atoms with van der Waals surface area (Å²) in [6.45, 7) is 5.60. The van der Waals surface area contributed by atoms with Gasteiger partial charge in [0.2, 0.25) is 0 Å². The van der Waals surface area contributed by atoms with E-state index in [4.69, 9.17) is 9.47 Å². The van der Waals surface area contributed by atoms with Crippen molar-refractivity contribution in [2.24, 2.45) is 0 Å². The van der Waals surface area contributed by atoms with Gasteiger partial charge in [0, 0.05) is 7.11 Å². The first-order valence-corrected chi connectivity index (χ1v) is 2.81. The molecule has 0 fully saturated rings. The molecule has 0 saturated carbocycles. The fourth-order valence-corrected chi connectivity index (χ4v) is 0.287. The number of hydrogen-bond donors (Lipinski definition) is 0. The zero-order valence-electron chi connectivity index (χ0n) is 5.68. The van der Waals surface area contributed by atoms with Crippen LogP contribution in [0.4, 0.5) is 0 Å². The number of ether oxygens (including phenoxy) is 2. The second-order valence-electron chi connectivity index (χ2n) is 1.51. The third-order valence-corrected chi connectivity index (χ3v) is 0.786. The lowest BCUT2D eigenvalue weighted by atomic mass is 10.5. The van der Waals surface area contributed by atoms with Gasteiger partial charge in [0.25, 0.3) is 0 Å². The normalized spacial score (nSPS) is 13.9. The van der Waals surface area contributed by atoms with Crippen LogP contribution in [0.2, 0.25) is 0 Å². The Balaban J connectivity index is 2.86. The van der Waals surface area contributed by atoms with Gasteiger partial charge in [0.1, 0.15) is 0 Å². The summed E-state index contributed by atoms with van der Waals surface area (Å²) in [6, 6.07) is 0. The molecule has 0 aliphatic rings. The maximum Gasteiger partial charge on any atom is 0.154 e. The predicted molar refractivity (Wildman–Crippen MR) is 32.1 cm³/mol. The maximum absolute atomic E-state index is 4.99. The van der Waals surface area contributed by atoms with Gasteiger partial charge >= 0.3 is 0 Å². The van der Waals surface area contributed by atoms with E-state index in [2.05, 4.69) is 0 Å². The van der Waals surface area contributed by atoms with Gasteiger partial charge in [0.15, 0.2) is 6.29 Å². The highest BCUT2D eigenvalue weighted by atomic mass is 16.7. The summed E-state index contributed by atoms with van der Waals surface area (Å²) in [6.07, 6.45) is 0.822. The highest BCUT2D eigenvalue weighted by Crippen LogP contribution is 1.95. The standard InChI is InChI=1S/C6H13O2/c1-4-5-8-6(2)7-3/h5-6H,4H2,1-3H3. The van der Waals surface area contributed by atoms with Crippen molar-refractivity contribution < 1.29 is 9.47 Å². The van der Waals surface area contributed by atoms with Crippen molar-refractivity contribution in [3.8, 4) is 0 Å². The Morgan fingerprint density at radius 1 is 1.62 bits per heavy atom. The quantitative estimate of drug-likeness (QED) is 0.520. The molecular formula is C6H13O2. The summed E-state index contributed by atoms with van der Waals surface area (Å²) in [7, 11) is 1.62. The van der Waals surface area contributed by atoms with Crippen molar-refractivity contribution in [3.63, 3.8) is 0 Å². The topological polar surface area (TPSA) is 18.5 Å². The number of hydrogen-bond acceptors (Lipinski definition) is 2. The number of methoxy groups -OCH3 is 1. The second-order valence-corrected chi connectivity index (χ2v) is 1.51. The molecule has 0 aromatic carbocycles. The van der Waals surface area contributed by atoms with E-state index < -0.39 is 0 Å². The summed E-state index contributed by atoms with van der Waals surface area (Å²) in [5.41, 5.74) is 0. The predicted octanol–water partition coefficient (Wildman–Crippen LogP) is 1.57. The largest absolute Gasteiger partial charge is 0.356 e. The lowest BCUT2D eigenvalue weighted by Crippen LogP contribution is -2.07. The van der Waals surface area contributed by atoms with E-state index in [9.17, 15) is 0 Å². The molecule has 2 nitrogen and oxygen atoms in total. The van der Waals surface area contributed by atoms with Gasteiger partial charge in [-0.05, 0) is 13.3 Å². The molecular weight excluding hydrogens is 104 g/mol. The van der Waals surface area contributed by atoms with Crippen LogP contribution in [0.3, 0.4) is 0 Å².